The second-order valence-corrected chi connectivity index (χ2v) is 4.71. The fourth-order valence-corrected chi connectivity index (χ4v) is 2.26. The van der Waals surface area contributed by atoms with Gasteiger partial charge >= 0.3 is 6.18 Å². The van der Waals surface area contributed by atoms with Crippen molar-refractivity contribution < 1.29 is 17.6 Å². The van der Waals surface area contributed by atoms with E-state index in [4.69, 9.17) is 0 Å². The van der Waals surface area contributed by atoms with Crippen LogP contribution in [0.4, 0.5) is 17.6 Å². The van der Waals surface area contributed by atoms with Crippen LogP contribution in [0.1, 0.15) is 30.7 Å². The molecule has 1 fully saturated rings. The summed E-state index contributed by atoms with van der Waals surface area (Å²) in [6.07, 6.45) is -3.51. The number of benzene rings is 1. The third kappa shape index (κ3) is 3.45. The third-order valence-electron chi connectivity index (χ3n) is 3.32. The van der Waals surface area contributed by atoms with Crippen LogP contribution in [0.3, 0.4) is 0 Å². The molecule has 1 aromatic rings. The number of nitrogens with one attached hydrogen (secondary N) is 1. The molecule has 0 saturated heterocycles. The Labute approximate surface area is 103 Å². The van der Waals surface area contributed by atoms with E-state index in [0.717, 1.165) is 0 Å². The van der Waals surface area contributed by atoms with Gasteiger partial charge in [0.05, 0.1) is 6.42 Å². The SMILES string of the molecule is Fc1ccccc1C1CC(NCCC(F)(F)F)C1. The minimum atomic E-state index is -4.11. The van der Waals surface area contributed by atoms with Crippen molar-refractivity contribution in [2.24, 2.45) is 0 Å². The van der Waals surface area contributed by atoms with Crippen molar-refractivity contribution in [3.8, 4) is 0 Å². The number of hydrogen-bond donors (Lipinski definition) is 1. The van der Waals surface area contributed by atoms with Crippen molar-refractivity contribution in [3.05, 3.63) is 35.6 Å². The van der Waals surface area contributed by atoms with E-state index in [0.29, 0.717) is 18.4 Å². The van der Waals surface area contributed by atoms with Gasteiger partial charge in [0.2, 0.25) is 0 Å². The van der Waals surface area contributed by atoms with Crippen LogP contribution in [0.5, 0.6) is 0 Å². The molecule has 2 rings (SSSR count). The number of alkyl halides is 3. The molecule has 100 valence electrons. The van der Waals surface area contributed by atoms with E-state index in [-0.39, 0.29) is 24.3 Å². The third-order valence-corrected chi connectivity index (χ3v) is 3.32. The molecule has 0 unspecified atom stereocenters. The normalized spacial score (nSPS) is 23.8. The molecule has 0 radical (unpaired) electrons. The van der Waals surface area contributed by atoms with Gasteiger partial charge in [0, 0.05) is 12.6 Å². The molecule has 18 heavy (non-hydrogen) atoms. The molecule has 0 heterocycles. The lowest BCUT2D eigenvalue weighted by Gasteiger charge is -2.36. The Balaban J connectivity index is 1.73. The number of halogens is 4. The van der Waals surface area contributed by atoms with Crippen molar-refractivity contribution in [2.75, 3.05) is 6.54 Å². The Morgan fingerprint density at radius 3 is 2.44 bits per heavy atom. The predicted molar refractivity (Wildman–Crippen MR) is 60.8 cm³/mol. The molecule has 0 aromatic heterocycles. The van der Waals surface area contributed by atoms with Gasteiger partial charge in [0.15, 0.2) is 0 Å². The fraction of sp³-hybridized carbons (Fsp3) is 0.538. The Bertz CT molecular complexity index is 396. The van der Waals surface area contributed by atoms with E-state index in [1.54, 1.807) is 18.2 Å². The van der Waals surface area contributed by atoms with Crippen LogP contribution in [0.2, 0.25) is 0 Å². The van der Waals surface area contributed by atoms with Gasteiger partial charge < -0.3 is 5.32 Å². The molecule has 1 aliphatic carbocycles. The molecule has 1 aliphatic rings. The van der Waals surface area contributed by atoms with Crippen molar-refractivity contribution in [1.82, 2.24) is 5.32 Å². The summed E-state index contributed by atoms with van der Waals surface area (Å²) in [7, 11) is 0. The first-order chi connectivity index (χ1) is 8.46. The average Bonchev–Trinajstić information content (AvgIpc) is 2.21. The zero-order valence-electron chi connectivity index (χ0n) is 9.80. The smallest absolute Gasteiger partial charge is 0.314 e. The summed E-state index contributed by atoms with van der Waals surface area (Å²) in [6.45, 7) is -0.0574. The quantitative estimate of drug-likeness (QED) is 0.816. The first kappa shape index (κ1) is 13.3. The van der Waals surface area contributed by atoms with E-state index in [9.17, 15) is 17.6 Å². The molecule has 1 saturated carbocycles. The lowest BCUT2D eigenvalue weighted by Crippen LogP contribution is -2.41. The summed E-state index contributed by atoms with van der Waals surface area (Å²) < 4.78 is 49.2. The van der Waals surface area contributed by atoms with E-state index < -0.39 is 12.6 Å². The van der Waals surface area contributed by atoms with Gasteiger partial charge in [-0.15, -0.1) is 0 Å². The van der Waals surface area contributed by atoms with Crippen LogP contribution in [-0.4, -0.2) is 18.8 Å². The Hall–Kier alpha value is -1.10. The maximum atomic E-state index is 13.4. The largest absolute Gasteiger partial charge is 0.390 e. The summed E-state index contributed by atoms with van der Waals surface area (Å²) >= 11 is 0. The van der Waals surface area contributed by atoms with Crippen molar-refractivity contribution in [2.45, 2.75) is 37.4 Å². The van der Waals surface area contributed by atoms with Crippen LogP contribution >= 0.6 is 0 Å². The Morgan fingerprint density at radius 1 is 1.17 bits per heavy atom. The molecule has 0 aliphatic heterocycles. The zero-order chi connectivity index (χ0) is 13.2. The predicted octanol–water partition coefficient (Wildman–Crippen LogP) is 3.61. The molecular weight excluding hydrogens is 246 g/mol. The summed E-state index contributed by atoms with van der Waals surface area (Å²) in [4.78, 5) is 0. The highest BCUT2D eigenvalue weighted by molar-refractivity contribution is 5.24. The molecule has 0 bridgehead atoms. The van der Waals surface area contributed by atoms with Gasteiger partial charge in [-0.3, -0.25) is 0 Å². The van der Waals surface area contributed by atoms with Gasteiger partial charge in [-0.1, -0.05) is 18.2 Å². The fourth-order valence-electron chi connectivity index (χ4n) is 2.26. The maximum Gasteiger partial charge on any atom is 0.390 e. The monoisotopic (exact) mass is 261 g/mol. The van der Waals surface area contributed by atoms with Crippen LogP contribution in [-0.2, 0) is 0 Å². The molecule has 1 nitrogen and oxygen atoms in total. The van der Waals surface area contributed by atoms with Gasteiger partial charge in [-0.2, -0.15) is 13.2 Å². The number of rotatable bonds is 4. The lowest BCUT2D eigenvalue weighted by atomic mass is 9.75. The van der Waals surface area contributed by atoms with Crippen LogP contribution < -0.4 is 5.32 Å². The first-order valence-corrected chi connectivity index (χ1v) is 6.00. The zero-order valence-corrected chi connectivity index (χ0v) is 9.80. The van der Waals surface area contributed by atoms with Gasteiger partial charge in [-0.25, -0.2) is 4.39 Å². The van der Waals surface area contributed by atoms with Gasteiger partial charge in [0.1, 0.15) is 5.82 Å². The molecule has 0 spiro atoms. The van der Waals surface area contributed by atoms with Gasteiger partial charge in [-0.05, 0) is 30.4 Å². The van der Waals surface area contributed by atoms with Crippen LogP contribution in [0.25, 0.3) is 0 Å². The molecular formula is C13H15F4N. The minimum absolute atomic E-state index is 0.0574. The summed E-state index contributed by atoms with van der Waals surface area (Å²) in [5, 5.41) is 2.85. The van der Waals surface area contributed by atoms with Crippen LogP contribution in [0.15, 0.2) is 24.3 Å². The maximum absolute atomic E-state index is 13.4. The second-order valence-electron chi connectivity index (χ2n) is 4.71. The average molecular weight is 261 g/mol. The van der Waals surface area contributed by atoms with E-state index >= 15 is 0 Å². The molecule has 0 amide bonds. The molecule has 1 aromatic carbocycles. The van der Waals surface area contributed by atoms with Crippen LogP contribution in [0, 0.1) is 5.82 Å². The molecule has 0 atom stereocenters. The number of hydrogen-bond acceptors (Lipinski definition) is 1. The first-order valence-electron chi connectivity index (χ1n) is 6.00. The lowest BCUT2D eigenvalue weighted by molar-refractivity contribution is -0.133. The van der Waals surface area contributed by atoms with Gasteiger partial charge in [0.25, 0.3) is 0 Å². The Kier molecular flexibility index (Phi) is 3.90. The highest BCUT2D eigenvalue weighted by Gasteiger charge is 2.33. The highest BCUT2D eigenvalue weighted by atomic mass is 19.4. The second kappa shape index (κ2) is 5.26. The minimum Gasteiger partial charge on any atom is -0.314 e. The van der Waals surface area contributed by atoms with E-state index in [1.807, 2.05) is 0 Å². The summed E-state index contributed by atoms with van der Waals surface area (Å²) in [5.41, 5.74) is 0.673. The van der Waals surface area contributed by atoms with Crippen molar-refractivity contribution in [3.63, 3.8) is 0 Å². The summed E-state index contributed by atoms with van der Waals surface area (Å²) in [6, 6.07) is 6.65. The Morgan fingerprint density at radius 2 is 1.83 bits per heavy atom. The highest BCUT2D eigenvalue weighted by Crippen LogP contribution is 2.38. The van der Waals surface area contributed by atoms with Crippen molar-refractivity contribution in [1.29, 1.82) is 0 Å². The van der Waals surface area contributed by atoms with E-state index in [1.165, 1.54) is 6.07 Å². The molecule has 1 N–H and O–H groups in total. The summed E-state index contributed by atoms with van der Waals surface area (Å²) in [5.74, 6) is -0.0918. The topological polar surface area (TPSA) is 12.0 Å². The molecule has 5 heteroatoms. The standard InChI is InChI=1S/C13H15F4N/c14-12-4-2-1-3-11(12)9-7-10(8-9)18-6-5-13(15,16)17/h1-4,9-10,18H,5-8H2. The van der Waals surface area contributed by atoms with E-state index in [2.05, 4.69) is 5.32 Å². The van der Waals surface area contributed by atoms with Crippen molar-refractivity contribution >= 4 is 0 Å².